The second-order valence-electron chi connectivity index (χ2n) is 2.10. The van der Waals surface area contributed by atoms with Gasteiger partial charge in [0.25, 0.3) is 12.4 Å². The van der Waals surface area contributed by atoms with E-state index >= 15 is 0 Å². The van der Waals surface area contributed by atoms with Crippen LogP contribution in [0.4, 0.5) is 5.69 Å². The van der Waals surface area contributed by atoms with Gasteiger partial charge in [-0.3, -0.25) is 0 Å². The number of hydrogen-bond acceptors (Lipinski definition) is 3. The van der Waals surface area contributed by atoms with Crippen molar-refractivity contribution in [3.8, 4) is 0 Å². The molecule has 0 atom stereocenters. The summed E-state index contributed by atoms with van der Waals surface area (Å²) < 4.78 is 1.67. The molecule has 0 unspecified atom stereocenters. The van der Waals surface area contributed by atoms with Crippen molar-refractivity contribution in [1.29, 1.82) is 0 Å². The average Bonchev–Trinajstić information content (AvgIpc) is 2.45. The van der Waals surface area contributed by atoms with Gasteiger partial charge in [-0.25, -0.2) is 4.99 Å². The first kappa shape index (κ1) is 7.12. The zero-order valence-corrected chi connectivity index (χ0v) is 7.85. The zero-order valence-electron chi connectivity index (χ0n) is 5.45. The van der Waals surface area contributed by atoms with Crippen LogP contribution in [0.2, 0.25) is 0 Å². The van der Waals surface area contributed by atoms with Crippen LogP contribution in [0.15, 0.2) is 16.4 Å². The van der Waals surface area contributed by atoms with Crippen molar-refractivity contribution in [1.82, 2.24) is 0 Å². The third-order valence-electron chi connectivity index (χ3n) is 1.44. The third kappa shape index (κ3) is 1.04. The molecule has 0 bridgehead atoms. The fourth-order valence-corrected chi connectivity index (χ4v) is 2.31. The molecule has 0 spiro atoms. The number of rotatable bonds is 0. The molecule has 1 aromatic heterocycles. The van der Waals surface area contributed by atoms with Crippen molar-refractivity contribution >= 4 is 37.6 Å². The minimum atomic E-state index is 0.199. The molecule has 2 heterocycles. The molecule has 1 aliphatic heterocycles. The van der Waals surface area contributed by atoms with Crippen molar-refractivity contribution in [2.45, 2.75) is 0 Å². The highest BCUT2D eigenvalue weighted by atomic mass is 79.9. The lowest BCUT2D eigenvalue weighted by Gasteiger charge is -1.98. The smallest absolute Gasteiger partial charge is 0.207 e. The topological polar surface area (TPSA) is 32.4 Å². The summed E-state index contributed by atoms with van der Waals surface area (Å²) in [7, 11) is 0. The summed E-state index contributed by atoms with van der Waals surface area (Å²) in [5.74, 6) is 0. The number of fused-ring (bicyclic) bond motifs is 1. The van der Waals surface area contributed by atoms with E-state index in [9.17, 15) is 4.91 Å². The SMILES string of the molecule is O=[N+]1CN=C(Br)c2sccc21. The van der Waals surface area contributed by atoms with Crippen LogP contribution in [0.3, 0.4) is 0 Å². The Bertz CT molecular complexity index is 344. The number of halogens is 1. The van der Waals surface area contributed by atoms with E-state index in [0.29, 0.717) is 0 Å². The van der Waals surface area contributed by atoms with E-state index in [0.717, 1.165) is 19.9 Å². The van der Waals surface area contributed by atoms with Gasteiger partial charge >= 0.3 is 0 Å². The number of aliphatic imine (C=N–C) groups is 1. The van der Waals surface area contributed by atoms with E-state index in [4.69, 9.17) is 0 Å². The summed E-state index contributed by atoms with van der Waals surface area (Å²) in [4.78, 5) is 16.0. The Labute approximate surface area is 75.5 Å². The van der Waals surface area contributed by atoms with Crippen molar-refractivity contribution in [2.24, 2.45) is 4.99 Å². The maximum absolute atomic E-state index is 11.1. The van der Waals surface area contributed by atoms with E-state index < -0.39 is 0 Å². The molecule has 0 aromatic carbocycles. The molecule has 0 amide bonds. The Kier molecular flexibility index (Phi) is 1.61. The highest BCUT2D eigenvalue weighted by Gasteiger charge is 2.26. The maximum atomic E-state index is 11.1. The van der Waals surface area contributed by atoms with Gasteiger partial charge in [0.05, 0.1) is 4.76 Å². The molecule has 3 nitrogen and oxygen atoms in total. The van der Waals surface area contributed by atoms with Crippen LogP contribution in [0, 0.1) is 4.91 Å². The van der Waals surface area contributed by atoms with Crippen LogP contribution in [0.1, 0.15) is 4.88 Å². The summed E-state index contributed by atoms with van der Waals surface area (Å²) in [6, 6.07) is 1.81. The van der Waals surface area contributed by atoms with Crippen molar-refractivity contribution in [3.63, 3.8) is 0 Å². The molecule has 0 aliphatic carbocycles. The number of nitroso groups, excluding NO2 is 1. The van der Waals surface area contributed by atoms with Crippen molar-refractivity contribution in [2.75, 3.05) is 6.67 Å². The lowest BCUT2D eigenvalue weighted by atomic mass is 10.4. The van der Waals surface area contributed by atoms with Crippen LogP contribution in [-0.2, 0) is 0 Å². The Morgan fingerprint density at radius 1 is 1.73 bits per heavy atom. The third-order valence-corrected chi connectivity index (χ3v) is 3.26. The van der Waals surface area contributed by atoms with Gasteiger partial charge in [-0.2, -0.15) is 0 Å². The lowest BCUT2D eigenvalue weighted by molar-refractivity contribution is -0.461. The molecule has 0 fully saturated rings. The van der Waals surface area contributed by atoms with Crippen LogP contribution in [0.25, 0.3) is 0 Å². The van der Waals surface area contributed by atoms with Gasteiger partial charge in [-0.15, -0.1) is 11.3 Å². The standard InChI is InChI=1S/C6H4BrN2OS/c7-6-5-4(1-2-11-5)9(10)3-8-6/h1-2H,3H2/q+1. The van der Waals surface area contributed by atoms with E-state index in [1.165, 1.54) is 11.3 Å². The van der Waals surface area contributed by atoms with E-state index in [2.05, 4.69) is 20.9 Å². The average molecular weight is 232 g/mol. The molecule has 56 valence electrons. The van der Waals surface area contributed by atoms with Gasteiger partial charge in [0.1, 0.15) is 9.50 Å². The molecular weight excluding hydrogens is 228 g/mol. The second kappa shape index (κ2) is 2.49. The Balaban J connectivity index is 2.63. The van der Waals surface area contributed by atoms with Crippen LogP contribution in [0.5, 0.6) is 0 Å². The summed E-state index contributed by atoms with van der Waals surface area (Å²) in [5, 5.41) is 1.89. The van der Waals surface area contributed by atoms with E-state index in [-0.39, 0.29) is 6.67 Å². The van der Waals surface area contributed by atoms with E-state index in [1.54, 1.807) is 0 Å². The van der Waals surface area contributed by atoms with Gasteiger partial charge in [-0.05, 0) is 21.3 Å². The monoisotopic (exact) mass is 231 g/mol. The fraction of sp³-hybridized carbons (Fsp3) is 0.167. The first-order chi connectivity index (χ1) is 5.29. The summed E-state index contributed by atoms with van der Waals surface area (Å²) in [6.45, 7) is 0.199. The molecule has 0 saturated carbocycles. The summed E-state index contributed by atoms with van der Waals surface area (Å²) in [6.07, 6.45) is 0. The molecule has 1 aromatic rings. The molecule has 0 N–H and O–H groups in total. The number of thiophene rings is 1. The summed E-state index contributed by atoms with van der Waals surface area (Å²) >= 11 is 4.81. The quantitative estimate of drug-likeness (QED) is 0.631. The molecule has 1 aliphatic rings. The van der Waals surface area contributed by atoms with Crippen molar-refractivity contribution < 1.29 is 4.76 Å². The van der Waals surface area contributed by atoms with Crippen LogP contribution < -0.4 is 0 Å². The number of nitrogens with zero attached hydrogens (tertiary/aromatic N) is 2. The first-order valence-electron chi connectivity index (χ1n) is 3.01. The Morgan fingerprint density at radius 2 is 2.55 bits per heavy atom. The molecule has 0 radical (unpaired) electrons. The predicted molar refractivity (Wildman–Crippen MR) is 47.9 cm³/mol. The molecular formula is C6H4BrN2OS+. The minimum absolute atomic E-state index is 0.199. The Morgan fingerprint density at radius 3 is 3.27 bits per heavy atom. The second-order valence-corrected chi connectivity index (χ2v) is 3.77. The maximum Gasteiger partial charge on any atom is 0.291 e. The lowest BCUT2D eigenvalue weighted by Crippen LogP contribution is -2.09. The van der Waals surface area contributed by atoms with E-state index in [1.807, 2.05) is 11.4 Å². The minimum Gasteiger partial charge on any atom is -0.207 e. The van der Waals surface area contributed by atoms with Gasteiger partial charge < -0.3 is 0 Å². The van der Waals surface area contributed by atoms with Crippen LogP contribution >= 0.6 is 27.3 Å². The molecule has 0 saturated heterocycles. The summed E-state index contributed by atoms with van der Waals surface area (Å²) in [5.41, 5.74) is 0.719. The normalized spacial score (nSPS) is 16.1. The van der Waals surface area contributed by atoms with Gasteiger partial charge in [-0.1, -0.05) is 0 Å². The zero-order chi connectivity index (χ0) is 7.84. The molecule has 5 heteroatoms. The first-order valence-corrected chi connectivity index (χ1v) is 4.69. The molecule has 2 rings (SSSR count). The highest BCUT2D eigenvalue weighted by Crippen LogP contribution is 2.30. The fourth-order valence-electron chi connectivity index (χ4n) is 0.928. The number of hydrogen-bond donors (Lipinski definition) is 0. The van der Waals surface area contributed by atoms with Gasteiger partial charge in [0.2, 0.25) is 0 Å². The Hall–Kier alpha value is -0.550. The highest BCUT2D eigenvalue weighted by molar-refractivity contribution is 9.18. The van der Waals surface area contributed by atoms with Crippen molar-refractivity contribution in [3.05, 3.63) is 21.2 Å². The largest absolute Gasteiger partial charge is 0.291 e. The van der Waals surface area contributed by atoms with Crippen LogP contribution in [-0.4, -0.2) is 16.0 Å². The van der Waals surface area contributed by atoms with Gasteiger partial charge in [0, 0.05) is 11.0 Å². The van der Waals surface area contributed by atoms with Gasteiger partial charge in [0.15, 0.2) is 0 Å². The predicted octanol–water partition coefficient (Wildman–Crippen LogP) is 2.27. The molecule has 11 heavy (non-hydrogen) atoms.